The van der Waals surface area contributed by atoms with Gasteiger partial charge in [-0.1, -0.05) is 0 Å². The van der Waals surface area contributed by atoms with Gasteiger partial charge in [0.25, 0.3) is 5.91 Å². The molecule has 120 valence electrons. The second-order valence-electron chi connectivity index (χ2n) is 6.09. The van der Waals surface area contributed by atoms with Crippen LogP contribution in [0.2, 0.25) is 0 Å². The molecule has 2 bridgehead atoms. The van der Waals surface area contributed by atoms with Crippen LogP contribution in [0.25, 0.3) is 10.6 Å². The molecule has 1 N–H and O–H groups in total. The standard InChI is InChI=1S/C16H17FN4OS/c17-14-11(2-1-5-18-14)16-19-8-13(23-16)15(22)20-12-9-21-6-3-10(12)4-7-21/h1-2,5,8,10,12H,3-4,6-7,9H2,(H,20,22)/t12-/m0/s1. The van der Waals surface area contributed by atoms with Crippen LogP contribution in [0.3, 0.4) is 0 Å². The van der Waals surface area contributed by atoms with E-state index < -0.39 is 5.95 Å². The monoisotopic (exact) mass is 332 g/mol. The van der Waals surface area contributed by atoms with Crippen molar-refractivity contribution < 1.29 is 9.18 Å². The molecule has 0 saturated carbocycles. The molecule has 3 aliphatic rings. The van der Waals surface area contributed by atoms with Gasteiger partial charge in [0.15, 0.2) is 0 Å². The summed E-state index contributed by atoms with van der Waals surface area (Å²) >= 11 is 1.20. The molecule has 3 fully saturated rings. The number of thiazole rings is 1. The minimum atomic E-state index is -0.564. The highest BCUT2D eigenvalue weighted by Gasteiger charge is 2.35. The molecule has 2 aromatic rings. The van der Waals surface area contributed by atoms with Crippen LogP contribution in [0.1, 0.15) is 22.5 Å². The predicted octanol–water partition coefficient (Wildman–Crippen LogP) is 2.17. The van der Waals surface area contributed by atoms with E-state index in [2.05, 4.69) is 20.2 Å². The van der Waals surface area contributed by atoms with Gasteiger partial charge in [0, 0.05) is 18.8 Å². The van der Waals surface area contributed by atoms with Crippen molar-refractivity contribution in [3.63, 3.8) is 0 Å². The number of nitrogens with one attached hydrogen (secondary N) is 1. The van der Waals surface area contributed by atoms with Crippen molar-refractivity contribution in [1.82, 2.24) is 20.2 Å². The molecule has 23 heavy (non-hydrogen) atoms. The highest BCUT2D eigenvalue weighted by Crippen LogP contribution is 2.29. The highest BCUT2D eigenvalue weighted by molar-refractivity contribution is 7.16. The first-order valence-corrected chi connectivity index (χ1v) is 8.62. The highest BCUT2D eigenvalue weighted by atomic mass is 32.1. The summed E-state index contributed by atoms with van der Waals surface area (Å²) in [5.74, 6) is -0.102. The summed E-state index contributed by atoms with van der Waals surface area (Å²) in [6.07, 6.45) is 5.22. The Bertz CT molecular complexity index is 726. The Kier molecular flexibility index (Phi) is 3.82. The van der Waals surface area contributed by atoms with Gasteiger partial charge >= 0.3 is 0 Å². The van der Waals surface area contributed by atoms with E-state index in [1.165, 1.54) is 23.7 Å². The number of carbonyl (C=O) groups excluding carboxylic acids is 1. The van der Waals surface area contributed by atoms with Crippen LogP contribution < -0.4 is 5.32 Å². The Morgan fingerprint density at radius 2 is 2.17 bits per heavy atom. The predicted molar refractivity (Wildman–Crippen MR) is 85.7 cm³/mol. The molecule has 5 rings (SSSR count). The lowest BCUT2D eigenvalue weighted by Crippen LogP contribution is -2.57. The topological polar surface area (TPSA) is 58.1 Å². The number of aromatic nitrogens is 2. The molecule has 0 spiro atoms. The normalized spacial score (nSPS) is 26.2. The number of fused-ring (bicyclic) bond motifs is 3. The summed E-state index contributed by atoms with van der Waals surface area (Å²) < 4.78 is 13.7. The molecule has 7 heteroatoms. The maximum Gasteiger partial charge on any atom is 0.263 e. The lowest BCUT2D eigenvalue weighted by molar-refractivity contribution is 0.0622. The van der Waals surface area contributed by atoms with E-state index in [0.717, 1.165) is 32.5 Å². The van der Waals surface area contributed by atoms with Gasteiger partial charge in [-0.25, -0.2) is 9.97 Å². The molecule has 5 heterocycles. The van der Waals surface area contributed by atoms with Gasteiger partial charge in [-0.05, 0) is 44.0 Å². The lowest BCUT2D eigenvalue weighted by Gasteiger charge is -2.44. The van der Waals surface area contributed by atoms with Gasteiger partial charge in [0.2, 0.25) is 5.95 Å². The Hall–Kier alpha value is -1.86. The number of hydrogen-bond donors (Lipinski definition) is 1. The number of rotatable bonds is 3. The number of hydrogen-bond acceptors (Lipinski definition) is 5. The number of carbonyl (C=O) groups is 1. The molecular weight excluding hydrogens is 315 g/mol. The molecule has 5 nitrogen and oxygen atoms in total. The Balaban J connectivity index is 1.48. The van der Waals surface area contributed by atoms with E-state index in [4.69, 9.17) is 0 Å². The fraction of sp³-hybridized carbons (Fsp3) is 0.438. The third kappa shape index (κ3) is 2.86. The van der Waals surface area contributed by atoms with Crippen molar-refractivity contribution in [2.24, 2.45) is 5.92 Å². The first-order valence-electron chi connectivity index (χ1n) is 7.80. The van der Waals surface area contributed by atoms with Gasteiger partial charge in [-0.3, -0.25) is 4.79 Å². The summed E-state index contributed by atoms with van der Waals surface area (Å²) in [4.78, 5) is 23.2. The van der Waals surface area contributed by atoms with Crippen LogP contribution >= 0.6 is 11.3 Å². The summed E-state index contributed by atoms with van der Waals surface area (Å²) in [6.45, 7) is 3.21. The number of amides is 1. The smallest absolute Gasteiger partial charge is 0.263 e. The second kappa shape index (κ2) is 5.98. The maximum atomic E-state index is 13.7. The van der Waals surface area contributed by atoms with E-state index in [1.54, 1.807) is 12.1 Å². The van der Waals surface area contributed by atoms with Gasteiger partial charge in [0.1, 0.15) is 9.88 Å². The Labute approximate surface area is 137 Å². The molecule has 0 aromatic carbocycles. The average molecular weight is 332 g/mol. The van der Waals surface area contributed by atoms with Crippen molar-refractivity contribution in [3.8, 4) is 10.6 Å². The maximum absolute atomic E-state index is 13.7. The number of piperidine rings is 3. The van der Waals surface area contributed by atoms with E-state index in [-0.39, 0.29) is 11.9 Å². The first kappa shape index (κ1) is 14.7. The molecule has 0 radical (unpaired) electrons. The lowest BCUT2D eigenvalue weighted by atomic mass is 9.84. The average Bonchev–Trinajstić information content (AvgIpc) is 3.06. The third-order valence-corrected chi connectivity index (χ3v) is 5.72. The van der Waals surface area contributed by atoms with Crippen molar-refractivity contribution in [3.05, 3.63) is 35.4 Å². The third-order valence-electron chi connectivity index (χ3n) is 4.69. The zero-order chi connectivity index (χ0) is 15.8. The molecule has 0 unspecified atom stereocenters. The Morgan fingerprint density at radius 3 is 2.87 bits per heavy atom. The summed E-state index contributed by atoms with van der Waals surface area (Å²) in [7, 11) is 0. The number of nitrogens with zero attached hydrogens (tertiary/aromatic N) is 3. The van der Waals surface area contributed by atoms with E-state index in [9.17, 15) is 9.18 Å². The van der Waals surface area contributed by atoms with Crippen LogP contribution in [0.4, 0.5) is 4.39 Å². The molecule has 2 aromatic heterocycles. The minimum Gasteiger partial charge on any atom is -0.347 e. The quantitative estimate of drug-likeness (QED) is 0.875. The van der Waals surface area contributed by atoms with E-state index in [1.807, 2.05) is 0 Å². The minimum absolute atomic E-state index is 0.114. The van der Waals surface area contributed by atoms with Crippen molar-refractivity contribution in [1.29, 1.82) is 0 Å². The SMILES string of the molecule is O=C(N[C@H]1CN2CCC1CC2)c1cnc(-c2cccnc2F)s1. The second-order valence-corrected chi connectivity index (χ2v) is 7.12. The summed E-state index contributed by atoms with van der Waals surface area (Å²) in [5.41, 5.74) is 0.333. The fourth-order valence-corrected chi connectivity index (χ4v) is 4.25. The number of halogens is 1. The Morgan fingerprint density at radius 1 is 1.35 bits per heavy atom. The van der Waals surface area contributed by atoms with Crippen molar-refractivity contribution >= 4 is 17.2 Å². The van der Waals surface area contributed by atoms with Crippen LogP contribution in [0.5, 0.6) is 0 Å². The summed E-state index contributed by atoms with van der Waals surface area (Å²) in [6, 6.07) is 3.49. The zero-order valence-electron chi connectivity index (χ0n) is 12.5. The number of pyridine rings is 1. The van der Waals surface area contributed by atoms with E-state index in [0.29, 0.717) is 21.4 Å². The van der Waals surface area contributed by atoms with Crippen molar-refractivity contribution in [2.75, 3.05) is 19.6 Å². The van der Waals surface area contributed by atoms with Crippen molar-refractivity contribution in [2.45, 2.75) is 18.9 Å². The molecular formula is C16H17FN4OS. The van der Waals surface area contributed by atoms with Gasteiger partial charge in [-0.2, -0.15) is 4.39 Å². The molecule has 0 aliphatic carbocycles. The molecule has 3 aliphatic heterocycles. The van der Waals surface area contributed by atoms with Gasteiger partial charge in [0.05, 0.1) is 11.8 Å². The van der Waals surface area contributed by atoms with E-state index >= 15 is 0 Å². The largest absolute Gasteiger partial charge is 0.347 e. The molecule has 1 atom stereocenters. The van der Waals surface area contributed by atoms with Gasteiger partial charge < -0.3 is 10.2 Å². The van der Waals surface area contributed by atoms with Crippen LogP contribution in [-0.4, -0.2) is 46.5 Å². The fourth-order valence-electron chi connectivity index (χ4n) is 3.42. The first-order chi connectivity index (χ1) is 11.2. The molecule has 3 saturated heterocycles. The van der Waals surface area contributed by atoms with Crippen LogP contribution in [0.15, 0.2) is 24.5 Å². The zero-order valence-corrected chi connectivity index (χ0v) is 13.4. The van der Waals surface area contributed by atoms with Gasteiger partial charge in [-0.15, -0.1) is 11.3 Å². The van der Waals surface area contributed by atoms with Crippen LogP contribution in [0, 0.1) is 11.9 Å². The van der Waals surface area contributed by atoms with Crippen LogP contribution in [-0.2, 0) is 0 Å². The summed E-state index contributed by atoms with van der Waals surface area (Å²) in [5, 5.41) is 3.61. The molecule has 1 amide bonds.